The second-order valence-corrected chi connectivity index (χ2v) is 10.5. The van der Waals surface area contributed by atoms with Crippen LogP contribution in [0.5, 0.6) is 0 Å². The molecule has 5 nitrogen and oxygen atoms in total. The van der Waals surface area contributed by atoms with Gasteiger partial charge < -0.3 is 0 Å². The average Bonchev–Trinajstić information content (AvgIpc) is 3.18. The molecular weight excluding hydrogens is 452 g/mol. The van der Waals surface area contributed by atoms with Gasteiger partial charge >= 0.3 is 0 Å². The number of carbonyl (C=O) groups is 1. The maximum Gasteiger partial charge on any atom is 0.261 e. The van der Waals surface area contributed by atoms with Crippen LogP contribution < -0.4 is 4.90 Å². The summed E-state index contributed by atoms with van der Waals surface area (Å²) in [6.45, 7) is 0.377. The highest BCUT2D eigenvalue weighted by Gasteiger charge is 2.24. The second kappa shape index (κ2) is 8.78. The van der Waals surface area contributed by atoms with Crippen LogP contribution in [0.15, 0.2) is 77.7 Å². The Morgan fingerprint density at radius 2 is 1.74 bits per heavy atom. The number of amides is 1. The van der Waals surface area contributed by atoms with Crippen molar-refractivity contribution in [2.45, 2.75) is 11.3 Å². The standard InChI is InChI=1S/C23H19ClN2O3S2/c1-31(28,29)17-11-12-19(24)18(15-17)22(27)26(14-13-16-7-3-2-4-8-16)23-25-20-9-5-6-10-21(20)30-23/h2-12,15H,13-14H2,1H3. The van der Waals surface area contributed by atoms with Crippen molar-refractivity contribution in [1.29, 1.82) is 0 Å². The summed E-state index contributed by atoms with van der Waals surface area (Å²) >= 11 is 7.72. The van der Waals surface area contributed by atoms with Gasteiger partial charge in [-0.3, -0.25) is 9.69 Å². The van der Waals surface area contributed by atoms with Crippen molar-refractivity contribution < 1.29 is 13.2 Å². The van der Waals surface area contributed by atoms with Crippen LogP contribution in [-0.2, 0) is 16.3 Å². The minimum Gasteiger partial charge on any atom is -0.284 e. The van der Waals surface area contributed by atoms with Crippen molar-refractivity contribution in [2.75, 3.05) is 17.7 Å². The van der Waals surface area contributed by atoms with Gasteiger partial charge in [-0.2, -0.15) is 0 Å². The van der Waals surface area contributed by atoms with E-state index < -0.39 is 9.84 Å². The lowest BCUT2D eigenvalue weighted by molar-refractivity contribution is 0.0987. The van der Waals surface area contributed by atoms with Crippen LogP contribution in [0.1, 0.15) is 15.9 Å². The van der Waals surface area contributed by atoms with Crippen molar-refractivity contribution in [3.63, 3.8) is 0 Å². The van der Waals surface area contributed by atoms with Gasteiger partial charge in [0, 0.05) is 12.8 Å². The van der Waals surface area contributed by atoms with Gasteiger partial charge in [0.15, 0.2) is 15.0 Å². The number of fused-ring (bicyclic) bond motifs is 1. The van der Waals surface area contributed by atoms with Crippen LogP contribution in [0, 0.1) is 0 Å². The monoisotopic (exact) mass is 470 g/mol. The van der Waals surface area contributed by atoms with E-state index in [1.165, 1.54) is 29.5 Å². The summed E-state index contributed by atoms with van der Waals surface area (Å²) in [6.07, 6.45) is 1.72. The molecule has 158 valence electrons. The van der Waals surface area contributed by atoms with Crippen molar-refractivity contribution in [3.05, 3.63) is 88.9 Å². The fourth-order valence-corrected chi connectivity index (χ4v) is 5.02. The zero-order chi connectivity index (χ0) is 22.0. The number of rotatable bonds is 6. The third kappa shape index (κ3) is 4.79. The molecular formula is C23H19ClN2O3S2. The summed E-state index contributed by atoms with van der Waals surface area (Å²) in [5, 5.41) is 0.742. The summed E-state index contributed by atoms with van der Waals surface area (Å²) in [7, 11) is -3.48. The fraction of sp³-hybridized carbons (Fsp3) is 0.130. The number of halogens is 1. The van der Waals surface area contributed by atoms with E-state index in [0.29, 0.717) is 18.1 Å². The van der Waals surface area contributed by atoms with E-state index in [2.05, 4.69) is 4.98 Å². The number of thiazole rings is 1. The van der Waals surface area contributed by atoms with E-state index >= 15 is 0 Å². The molecule has 0 saturated carbocycles. The number of sulfone groups is 1. The molecule has 31 heavy (non-hydrogen) atoms. The minimum absolute atomic E-state index is 0.0487. The third-order valence-electron chi connectivity index (χ3n) is 4.82. The Bertz CT molecular complexity index is 1320. The minimum atomic E-state index is -3.48. The van der Waals surface area contributed by atoms with E-state index in [4.69, 9.17) is 11.6 Å². The van der Waals surface area contributed by atoms with Crippen LogP contribution >= 0.6 is 22.9 Å². The Labute approximate surface area is 189 Å². The highest BCUT2D eigenvalue weighted by atomic mass is 35.5. The van der Waals surface area contributed by atoms with E-state index in [-0.39, 0.29) is 21.4 Å². The topological polar surface area (TPSA) is 67.3 Å². The Morgan fingerprint density at radius 1 is 1.03 bits per heavy atom. The summed E-state index contributed by atoms with van der Waals surface area (Å²) in [5.74, 6) is -0.384. The van der Waals surface area contributed by atoms with E-state index in [1.807, 2.05) is 54.6 Å². The van der Waals surface area contributed by atoms with Gasteiger partial charge in [-0.15, -0.1) is 0 Å². The first kappa shape index (κ1) is 21.5. The van der Waals surface area contributed by atoms with Gasteiger partial charge in [0.2, 0.25) is 0 Å². The highest BCUT2D eigenvalue weighted by molar-refractivity contribution is 7.90. The molecule has 0 N–H and O–H groups in total. The lowest BCUT2D eigenvalue weighted by Crippen LogP contribution is -2.33. The van der Waals surface area contributed by atoms with Crippen molar-refractivity contribution >= 4 is 54.0 Å². The Balaban J connectivity index is 1.75. The zero-order valence-corrected chi connectivity index (χ0v) is 19.0. The average molecular weight is 471 g/mol. The molecule has 1 heterocycles. The van der Waals surface area contributed by atoms with Gasteiger partial charge in [0.05, 0.1) is 25.7 Å². The van der Waals surface area contributed by atoms with Crippen LogP contribution in [0.25, 0.3) is 10.2 Å². The highest BCUT2D eigenvalue weighted by Crippen LogP contribution is 2.31. The SMILES string of the molecule is CS(=O)(=O)c1ccc(Cl)c(C(=O)N(CCc2ccccc2)c2nc3ccccc3s2)c1. The molecule has 8 heteroatoms. The lowest BCUT2D eigenvalue weighted by Gasteiger charge is -2.21. The quantitative estimate of drug-likeness (QED) is 0.386. The molecule has 0 aliphatic carbocycles. The molecule has 0 aliphatic heterocycles. The molecule has 0 aliphatic rings. The van der Waals surface area contributed by atoms with Crippen molar-refractivity contribution in [1.82, 2.24) is 4.98 Å². The Morgan fingerprint density at radius 3 is 2.45 bits per heavy atom. The van der Waals surface area contributed by atoms with Crippen LogP contribution in [-0.4, -0.2) is 32.1 Å². The molecule has 0 atom stereocenters. The Kier molecular flexibility index (Phi) is 6.09. The van der Waals surface area contributed by atoms with Gasteiger partial charge in [-0.05, 0) is 42.3 Å². The molecule has 3 aromatic carbocycles. The maximum absolute atomic E-state index is 13.6. The largest absolute Gasteiger partial charge is 0.284 e. The number of hydrogen-bond acceptors (Lipinski definition) is 5. The molecule has 1 amide bonds. The summed E-state index contributed by atoms with van der Waals surface area (Å²) in [5.41, 5.74) is 2.02. The number of nitrogens with zero attached hydrogens (tertiary/aromatic N) is 2. The van der Waals surface area contributed by atoms with Crippen LogP contribution in [0.2, 0.25) is 5.02 Å². The van der Waals surface area contributed by atoms with Gasteiger partial charge in [-0.25, -0.2) is 13.4 Å². The number of benzene rings is 3. The molecule has 0 fully saturated rings. The van der Waals surface area contributed by atoms with E-state index in [9.17, 15) is 13.2 Å². The summed E-state index contributed by atoms with van der Waals surface area (Å²) < 4.78 is 25.0. The van der Waals surface area contributed by atoms with Gasteiger partial charge in [-0.1, -0.05) is 65.4 Å². The number of para-hydroxylation sites is 1. The van der Waals surface area contributed by atoms with Crippen molar-refractivity contribution in [3.8, 4) is 0 Å². The smallest absolute Gasteiger partial charge is 0.261 e. The molecule has 1 aromatic heterocycles. The number of aromatic nitrogens is 1. The second-order valence-electron chi connectivity index (χ2n) is 7.07. The number of carbonyl (C=O) groups excluding carboxylic acids is 1. The molecule has 4 aromatic rings. The zero-order valence-electron chi connectivity index (χ0n) is 16.7. The first-order valence-electron chi connectivity index (χ1n) is 9.54. The molecule has 0 bridgehead atoms. The molecule has 0 unspecified atom stereocenters. The molecule has 0 saturated heterocycles. The fourth-order valence-electron chi connectivity index (χ4n) is 3.19. The molecule has 0 radical (unpaired) electrons. The number of anilines is 1. The first-order chi connectivity index (χ1) is 14.8. The van der Waals surface area contributed by atoms with Crippen LogP contribution in [0.4, 0.5) is 5.13 Å². The normalized spacial score (nSPS) is 11.5. The van der Waals surface area contributed by atoms with E-state index in [1.54, 1.807) is 4.90 Å². The van der Waals surface area contributed by atoms with Crippen LogP contribution in [0.3, 0.4) is 0 Å². The predicted molar refractivity (Wildman–Crippen MR) is 126 cm³/mol. The predicted octanol–water partition coefficient (Wildman–Crippen LogP) is 5.24. The van der Waals surface area contributed by atoms with E-state index in [0.717, 1.165) is 22.0 Å². The molecule has 0 spiro atoms. The maximum atomic E-state index is 13.6. The Hall–Kier alpha value is -2.74. The number of hydrogen-bond donors (Lipinski definition) is 0. The van der Waals surface area contributed by atoms with Crippen molar-refractivity contribution in [2.24, 2.45) is 0 Å². The van der Waals surface area contributed by atoms with Gasteiger partial charge in [0.25, 0.3) is 5.91 Å². The first-order valence-corrected chi connectivity index (χ1v) is 12.6. The third-order valence-corrected chi connectivity index (χ3v) is 7.32. The van der Waals surface area contributed by atoms with Gasteiger partial charge in [0.1, 0.15) is 0 Å². The molecule has 4 rings (SSSR count). The lowest BCUT2D eigenvalue weighted by atomic mass is 10.1. The summed E-state index contributed by atoms with van der Waals surface area (Å²) in [4.78, 5) is 19.8. The summed E-state index contributed by atoms with van der Waals surface area (Å²) in [6, 6.07) is 21.7.